The Bertz CT molecular complexity index is 987. The van der Waals surface area contributed by atoms with Gasteiger partial charge in [0.05, 0.1) is 6.42 Å². The number of phenolic OH excluding ortho intramolecular Hbond substituents is 2. The van der Waals surface area contributed by atoms with Gasteiger partial charge in [0.1, 0.15) is 23.1 Å². The molecule has 2 aromatic rings. The summed E-state index contributed by atoms with van der Waals surface area (Å²) in [4.78, 5) is 24.2. The number of Topliss-reactive ketones (excluding diaryl/α,β-unsaturated/α-hetero) is 2. The Morgan fingerprint density at radius 2 is 1.75 bits per heavy atom. The van der Waals surface area contributed by atoms with Gasteiger partial charge in [0, 0.05) is 16.7 Å². The van der Waals surface area contributed by atoms with E-state index in [0.29, 0.717) is 29.2 Å². The van der Waals surface area contributed by atoms with Crippen LogP contribution < -0.4 is 0 Å². The van der Waals surface area contributed by atoms with Crippen LogP contribution in [0.5, 0.6) is 11.5 Å². The van der Waals surface area contributed by atoms with Gasteiger partial charge in [0.15, 0.2) is 0 Å². The van der Waals surface area contributed by atoms with Crippen molar-refractivity contribution >= 4 is 22.3 Å². The first-order valence-corrected chi connectivity index (χ1v) is 12.0. The van der Waals surface area contributed by atoms with Gasteiger partial charge in [-0.25, -0.2) is 0 Å². The predicted molar refractivity (Wildman–Crippen MR) is 132 cm³/mol. The van der Waals surface area contributed by atoms with Crippen molar-refractivity contribution in [2.75, 3.05) is 0 Å². The molecule has 0 heterocycles. The van der Waals surface area contributed by atoms with Crippen LogP contribution >= 0.6 is 0 Å². The molecule has 0 aliphatic rings. The van der Waals surface area contributed by atoms with Crippen molar-refractivity contribution in [3.8, 4) is 11.5 Å². The zero-order chi connectivity index (χ0) is 24.2. The molecule has 2 N–H and O–H groups in total. The average Bonchev–Trinajstić information content (AvgIpc) is 2.71. The minimum atomic E-state index is -0.231. The summed E-state index contributed by atoms with van der Waals surface area (Å²) < 4.78 is 0. The number of aromatic hydroxyl groups is 2. The molecule has 0 aliphatic carbocycles. The first-order chi connectivity index (χ1) is 15.0. The van der Waals surface area contributed by atoms with Crippen molar-refractivity contribution in [1.29, 1.82) is 0 Å². The fourth-order valence-electron chi connectivity index (χ4n) is 5.10. The molecule has 0 aliphatic heterocycles. The van der Waals surface area contributed by atoms with E-state index in [1.54, 1.807) is 6.07 Å². The molecule has 2 unspecified atom stereocenters. The Balaban J connectivity index is 2.54. The van der Waals surface area contributed by atoms with Gasteiger partial charge in [-0.2, -0.15) is 0 Å². The largest absolute Gasteiger partial charge is 0.507 e. The maximum absolute atomic E-state index is 12.7. The number of hydrogen-bond acceptors (Lipinski definition) is 4. The van der Waals surface area contributed by atoms with E-state index in [1.165, 1.54) is 12.5 Å². The highest BCUT2D eigenvalue weighted by Crippen LogP contribution is 2.43. The lowest BCUT2D eigenvalue weighted by atomic mass is 9.77. The number of fused-ring (bicyclic) bond motifs is 1. The van der Waals surface area contributed by atoms with Crippen LogP contribution in [-0.4, -0.2) is 21.8 Å². The molecule has 2 atom stereocenters. The van der Waals surface area contributed by atoms with Crippen molar-refractivity contribution < 1.29 is 19.8 Å². The fourth-order valence-corrected chi connectivity index (χ4v) is 5.10. The van der Waals surface area contributed by atoms with Gasteiger partial charge in [-0.15, -0.1) is 0 Å². The Labute approximate surface area is 193 Å². The van der Waals surface area contributed by atoms with Gasteiger partial charge < -0.3 is 10.2 Å². The quantitative estimate of drug-likeness (QED) is 0.298. The van der Waals surface area contributed by atoms with Crippen molar-refractivity contribution in [2.24, 2.45) is 11.8 Å². The molecule has 4 heteroatoms. The second-order valence-corrected chi connectivity index (χ2v) is 9.91. The molecule has 4 nitrogen and oxygen atoms in total. The number of benzene rings is 2. The van der Waals surface area contributed by atoms with Crippen molar-refractivity contribution in [3.63, 3.8) is 0 Å². The van der Waals surface area contributed by atoms with Crippen LogP contribution in [0.15, 0.2) is 18.2 Å². The summed E-state index contributed by atoms with van der Waals surface area (Å²) in [6.45, 7) is 14.0. The highest BCUT2D eigenvalue weighted by Gasteiger charge is 2.29. The molecule has 176 valence electrons. The van der Waals surface area contributed by atoms with Crippen molar-refractivity contribution in [1.82, 2.24) is 0 Å². The second kappa shape index (κ2) is 10.5. The molecule has 0 aromatic heterocycles. The Hall–Kier alpha value is -2.36. The van der Waals surface area contributed by atoms with Gasteiger partial charge in [-0.05, 0) is 73.6 Å². The fraction of sp³-hybridized carbons (Fsp3) is 0.571. The monoisotopic (exact) mass is 440 g/mol. The van der Waals surface area contributed by atoms with E-state index in [9.17, 15) is 19.8 Å². The maximum atomic E-state index is 12.7. The second-order valence-electron chi connectivity index (χ2n) is 9.91. The molecule has 0 amide bonds. The standard InChI is InChI=1S/C28H40O4/c1-8-11-19(21(9-2)24(30)14-17(4)29)15-20-16-25(31)26-18(5)23(28(6,7)10-3)13-12-22(26)27(20)32/h12-13,16,19,21,31-32H,8-11,14-15H2,1-7H3. The van der Waals surface area contributed by atoms with E-state index >= 15 is 0 Å². The maximum Gasteiger partial charge on any atom is 0.143 e. The van der Waals surface area contributed by atoms with E-state index in [1.807, 2.05) is 19.9 Å². The molecule has 2 aromatic carbocycles. The zero-order valence-corrected chi connectivity index (χ0v) is 20.8. The molecule has 0 fully saturated rings. The lowest BCUT2D eigenvalue weighted by molar-refractivity contribution is -0.129. The summed E-state index contributed by atoms with van der Waals surface area (Å²) in [6, 6.07) is 5.62. The number of hydrogen-bond donors (Lipinski definition) is 2. The average molecular weight is 441 g/mol. The van der Waals surface area contributed by atoms with Crippen LogP contribution in [0.25, 0.3) is 10.8 Å². The van der Waals surface area contributed by atoms with Crippen LogP contribution in [0.2, 0.25) is 0 Å². The minimum absolute atomic E-state index is 0.0130. The van der Waals surface area contributed by atoms with Gasteiger partial charge in [0.2, 0.25) is 0 Å². The molecule has 32 heavy (non-hydrogen) atoms. The lowest BCUT2D eigenvalue weighted by Gasteiger charge is -2.28. The molecule has 2 rings (SSSR count). The highest BCUT2D eigenvalue weighted by molar-refractivity contribution is 5.99. The van der Waals surface area contributed by atoms with E-state index < -0.39 is 0 Å². The third-order valence-electron chi connectivity index (χ3n) is 7.19. The van der Waals surface area contributed by atoms with Crippen LogP contribution in [0, 0.1) is 18.8 Å². The summed E-state index contributed by atoms with van der Waals surface area (Å²) in [5, 5.41) is 23.5. The van der Waals surface area contributed by atoms with Crippen molar-refractivity contribution in [3.05, 3.63) is 34.9 Å². The number of aryl methyl sites for hydroxylation is 1. The summed E-state index contributed by atoms with van der Waals surface area (Å²) in [6.07, 6.45) is 3.81. The third-order valence-corrected chi connectivity index (χ3v) is 7.19. The van der Waals surface area contributed by atoms with Gasteiger partial charge >= 0.3 is 0 Å². The number of carbonyl (C=O) groups is 2. The SMILES string of the molecule is CCCC(Cc1cc(O)c2c(C)c(C(C)(C)CC)ccc2c1O)C(CC)C(=O)CC(C)=O. The molecule has 0 saturated carbocycles. The number of rotatable bonds is 11. The smallest absolute Gasteiger partial charge is 0.143 e. The van der Waals surface area contributed by atoms with Crippen LogP contribution in [-0.2, 0) is 21.4 Å². The Morgan fingerprint density at radius 1 is 1.09 bits per heavy atom. The van der Waals surface area contributed by atoms with Gasteiger partial charge in [0.25, 0.3) is 0 Å². The van der Waals surface area contributed by atoms with Crippen molar-refractivity contribution in [2.45, 2.75) is 92.4 Å². The van der Waals surface area contributed by atoms with E-state index in [2.05, 4.69) is 33.8 Å². The summed E-state index contributed by atoms with van der Waals surface area (Å²) in [7, 11) is 0. The summed E-state index contributed by atoms with van der Waals surface area (Å²) in [5.41, 5.74) is 2.78. The summed E-state index contributed by atoms with van der Waals surface area (Å²) in [5.74, 6) is -0.0138. The predicted octanol–water partition coefficient (Wildman–Crippen LogP) is 6.78. The molecular weight excluding hydrogens is 400 g/mol. The molecule has 0 radical (unpaired) electrons. The number of phenols is 2. The normalized spacial score (nSPS) is 13.8. The number of ketones is 2. The van der Waals surface area contributed by atoms with Crippen LogP contribution in [0.1, 0.15) is 90.3 Å². The highest BCUT2D eigenvalue weighted by atomic mass is 16.3. The molecule has 0 saturated heterocycles. The molecule has 0 spiro atoms. The van der Waals surface area contributed by atoms with Gasteiger partial charge in [-0.3, -0.25) is 9.59 Å². The van der Waals surface area contributed by atoms with E-state index in [-0.39, 0.29) is 46.7 Å². The third kappa shape index (κ3) is 5.33. The van der Waals surface area contributed by atoms with Gasteiger partial charge in [-0.1, -0.05) is 53.2 Å². The minimum Gasteiger partial charge on any atom is -0.507 e. The molecular formula is C28H40O4. The Morgan fingerprint density at radius 3 is 2.28 bits per heavy atom. The van der Waals surface area contributed by atoms with Crippen LogP contribution in [0.4, 0.5) is 0 Å². The van der Waals surface area contributed by atoms with E-state index in [4.69, 9.17) is 0 Å². The summed E-state index contributed by atoms with van der Waals surface area (Å²) >= 11 is 0. The van der Waals surface area contributed by atoms with E-state index in [0.717, 1.165) is 24.8 Å². The number of carbonyl (C=O) groups excluding carboxylic acids is 2. The Kier molecular flexibility index (Phi) is 8.50. The molecule has 0 bridgehead atoms. The topological polar surface area (TPSA) is 74.6 Å². The van der Waals surface area contributed by atoms with Crippen LogP contribution in [0.3, 0.4) is 0 Å². The lowest BCUT2D eigenvalue weighted by Crippen LogP contribution is -2.26. The zero-order valence-electron chi connectivity index (χ0n) is 20.8. The first kappa shape index (κ1) is 25.9. The first-order valence-electron chi connectivity index (χ1n) is 12.0.